The van der Waals surface area contributed by atoms with Gasteiger partial charge in [0, 0.05) is 12.6 Å². The quantitative estimate of drug-likeness (QED) is 0.631. The molecule has 7 heteroatoms. The van der Waals surface area contributed by atoms with Crippen molar-refractivity contribution in [2.75, 3.05) is 20.6 Å². The van der Waals surface area contributed by atoms with Crippen molar-refractivity contribution in [3.8, 4) is 0 Å². The van der Waals surface area contributed by atoms with E-state index in [0.717, 1.165) is 25.8 Å². The highest BCUT2D eigenvalue weighted by Gasteiger charge is 2.39. The number of carboxylic acids is 1. The number of amides is 2. The second-order valence-electron chi connectivity index (χ2n) is 9.64. The van der Waals surface area contributed by atoms with Crippen molar-refractivity contribution in [2.45, 2.75) is 78.9 Å². The number of hydrogen-bond acceptors (Lipinski definition) is 4. The second-order valence-corrected chi connectivity index (χ2v) is 9.64. The van der Waals surface area contributed by atoms with E-state index in [1.165, 1.54) is 6.92 Å². The van der Waals surface area contributed by atoms with Gasteiger partial charge in [0.2, 0.25) is 11.8 Å². The first-order valence-electron chi connectivity index (χ1n) is 10.5. The van der Waals surface area contributed by atoms with E-state index in [0.29, 0.717) is 0 Å². The lowest BCUT2D eigenvalue weighted by molar-refractivity contribution is -0.141. The summed E-state index contributed by atoms with van der Waals surface area (Å²) < 4.78 is 0. The molecule has 3 atom stereocenters. The fourth-order valence-corrected chi connectivity index (χ4v) is 3.72. The van der Waals surface area contributed by atoms with Gasteiger partial charge in [-0.3, -0.25) is 14.5 Å². The number of carbonyl (C=O) groups is 3. The summed E-state index contributed by atoms with van der Waals surface area (Å²) in [6, 6.07) is -1.30. The van der Waals surface area contributed by atoms with Crippen LogP contribution in [-0.4, -0.2) is 71.5 Å². The number of hydrogen-bond donors (Lipinski definition) is 2. The van der Waals surface area contributed by atoms with Crippen LogP contribution < -0.4 is 5.32 Å². The van der Waals surface area contributed by atoms with Gasteiger partial charge in [0.25, 0.3) is 0 Å². The summed E-state index contributed by atoms with van der Waals surface area (Å²) in [5.41, 5.74) is -0.287. The molecule has 1 aliphatic rings. The molecule has 1 saturated heterocycles. The molecule has 0 saturated carbocycles. The summed E-state index contributed by atoms with van der Waals surface area (Å²) in [5, 5.41) is 12.2. The maximum atomic E-state index is 13.4. The number of nitrogens with one attached hydrogen (secondary N) is 1. The molecular formula is C22H39N3O4. The zero-order valence-corrected chi connectivity index (χ0v) is 19.3. The molecule has 0 bridgehead atoms. The number of piperidine rings is 1. The van der Waals surface area contributed by atoms with Gasteiger partial charge in [-0.1, -0.05) is 47.1 Å². The van der Waals surface area contributed by atoms with Crippen LogP contribution in [-0.2, 0) is 14.4 Å². The number of carbonyl (C=O) groups excluding carboxylic acids is 2. The predicted octanol–water partition coefficient (Wildman–Crippen LogP) is 2.52. The minimum absolute atomic E-state index is 0.0269. The number of aliphatic carboxylic acids is 1. The molecule has 0 aromatic carbocycles. The summed E-state index contributed by atoms with van der Waals surface area (Å²) in [6.45, 7) is 12.1. The van der Waals surface area contributed by atoms with Crippen LogP contribution in [0.5, 0.6) is 0 Å². The maximum absolute atomic E-state index is 13.4. The highest BCUT2D eigenvalue weighted by molar-refractivity contribution is 5.91. The molecule has 1 aliphatic heterocycles. The molecule has 2 amide bonds. The average Bonchev–Trinajstić information content (AvgIpc) is 2.61. The van der Waals surface area contributed by atoms with Gasteiger partial charge in [-0.2, -0.15) is 0 Å². The molecule has 2 N–H and O–H groups in total. The molecule has 166 valence electrons. The van der Waals surface area contributed by atoms with Gasteiger partial charge in [0.1, 0.15) is 6.04 Å². The Kier molecular flexibility index (Phi) is 8.87. The minimum atomic E-state index is -1.00. The summed E-state index contributed by atoms with van der Waals surface area (Å²) in [4.78, 5) is 41.2. The van der Waals surface area contributed by atoms with Gasteiger partial charge in [0.15, 0.2) is 0 Å². The van der Waals surface area contributed by atoms with Gasteiger partial charge in [-0.25, -0.2) is 4.79 Å². The number of nitrogens with zero attached hydrogens (tertiary/aromatic N) is 2. The first kappa shape index (κ1) is 25.1. The number of likely N-dealkylation sites (tertiary alicyclic amines) is 1. The van der Waals surface area contributed by atoms with E-state index in [9.17, 15) is 19.5 Å². The first-order valence-corrected chi connectivity index (χ1v) is 10.5. The average molecular weight is 410 g/mol. The van der Waals surface area contributed by atoms with E-state index in [1.807, 2.05) is 46.6 Å². The fourth-order valence-electron chi connectivity index (χ4n) is 3.72. The second kappa shape index (κ2) is 10.2. The first-order chi connectivity index (χ1) is 13.3. The van der Waals surface area contributed by atoms with Gasteiger partial charge >= 0.3 is 5.97 Å². The number of rotatable bonds is 7. The zero-order valence-electron chi connectivity index (χ0n) is 19.3. The van der Waals surface area contributed by atoms with Crippen molar-refractivity contribution < 1.29 is 19.5 Å². The minimum Gasteiger partial charge on any atom is -0.478 e. The van der Waals surface area contributed by atoms with E-state index in [-0.39, 0.29) is 35.4 Å². The van der Waals surface area contributed by atoms with Crippen LogP contribution in [0.4, 0.5) is 0 Å². The van der Waals surface area contributed by atoms with Gasteiger partial charge < -0.3 is 15.3 Å². The van der Waals surface area contributed by atoms with E-state index in [1.54, 1.807) is 18.0 Å². The molecular weight excluding hydrogens is 370 g/mol. The zero-order chi connectivity index (χ0) is 22.5. The molecule has 0 radical (unpaired) electrons. The Balaban J connectivity index is 3.10. The van der Waals surface area contributed by atoms with Crippen LogP contribution in [0.15, 0.2) is 11.6 Å². The number of carboxylic acid groups (broad SMARTS) is 1. The monoisotopic (exact) mass is 409 g/mol. The SMILES string of the molecule is C/C(=C\[C@H](C(C)C)N(C)C(=O)[C@@H](NC(=O)[C@H]1CCCCN1C)C(C)(C)C)C(=O)O. The molecule has 0 spiro atoms. The van der Waals surface area contributed by atoms with Crippen molar-refractivity contribution in [1.29, 1.82) is 0 Å². The van der Waals surface area contributed by atoms with E-state index in [2.05, 4.69) is 5.32 Å². The molecule has 29 heavy (non-hydrogen) atoms. The third-order valence-electron chi connectivity index (χ3n) is 5.71. The Bertz CT molecular complexity index is 636. The van der Waals surface area contributed by atoms with Crippen LogP contribution in [0.2, 0.25) is 0 Å². The Morgan fingerprint density at radius 3 is 2.24 bits per heavy atom. The molecule has 0 aromatic rings. The van der Waals surface area contributed by atoms with Crippen LogP contribution >= 0.6 is 0 Å². The third-order valence-corrected chi connectivity index (χ3v) is 5.71. The highest BCUT2D eigenvalue weighted by Crippen LogP contribution is 2.25. The number of likely N-dealkylation sites (N-methyl/N-ethyl adjacent to an activating group) is 2. The summed E-state index contributed by atoms with van der Waals surface area (Å²) in [6.07, 6.45) is 4.49. The Labute approximate surface area is 175 Å². The maximum Gasteiger partial charge on any atom is 0.331 e. The van der Waals surface area contributed by atoms with Crippen LogP contribution in [0.3, 0.4) is 0 Å². The molecule has 1 fully saturated rings. The molecule has 0 unspecified atom stereocenters. The van der Waals surface area contributed by atoms with Gasteiger partial charge in [-0.05, 0) is 44.7 Å². The van der Waals surface area contributed by atoms with Crippen LogP contribution in [0.1, 0.15) is 60.8 Å². The topological polar surface area (TPSA) is 90.0 Å². The smallest absolute Gasteiger partial charge is 0.331 e. The lowest BCUT2D eigenvalue weighted by atomic mass is 9.84. The van der Waals surface area contributed by atoms with Crippen molar-refractivity contribution in [3.05, 3.63) is 11.6 Å². The Hall–Kier alpha value is -1.89. The van der Waals surface area contributed by atoms with E-state index in [4.69, 9.17) is 0 Å². The fraction of sp³-hybridized carbons (Fsp3) is 0.773. The van der Waals surface area contributed by atoms with Gasteiger partial charge in [-0.15, -0.1) is 0 Å². The van der Waals surface area contributed by atoms with E-state index >= 15 is 0 Å². The largest absolute Gasteiger partial charge is 0.478 e. The lowest BCUT2D eigenvalue weighted by Gasteiger charge is -2.39. The molecule has 7 nitrogen and oxygen atoms in total. The third kappa shape index (κ3) is 6.84. The Morgan fingerprint density at radius 2 is 1.79 bits per heavy atom. The van der Waals surface area contributed by atoms with Crippen molar-refractivity contribution >= 4 is 17.8 Å². The molecule has 0 aromatic heterocycles. The van der Waals surface area contributed by atoms with Crippen LogP contribution in [0, 0.1) is 11.3 Å². The normalized spacial score (nSPS) is 20.9. The summed E-state index contributed by atoms with van der Waals surface area (Å²) >= 11 is 0. The van der Waals surface area contributed by atoms with Crippen molar-refractivity contribution in [3.63, 3.8) is 0 Å². The molecule has 1 rings (SSSR count). The molecule has 0 aliphatic carbocycles. The predicted molar refractivity (Wildman–Crippen MR) is 114 cm³/mol. The van der Waals surface area contributed by atoms with Crippen LogP contribution in [0.25, 0.3) is 0 Å². The van der Waals surface area contributed by atoms with Gasteiger partial charge in [0.05, 0.1) is 12.1 Å². The standard InChI is InChI=1S/C22H39N3O4/c1-14(2)17(13-15(3)21(28)29)25(8)20(27)18(22(4,5)6)23-19(26)16-11-9-10-12-24(16)7/h13-14,16-18H,9-12H2,1-8H3,(H,23,26)(H,28,29)/b15-13+/t16-,17-,18-/m1/s1. The Morgan fingerprint density at radius 1 is 1.21 bits per heavy atom. The highest BCUT2D eigenvalue weighted by atomic mass is 16.4. The summed E-state index contributed by atoms with van der Waals surface area (Å²) in [5.74, 6) is -1.30. The summed E-state index contributed by atoms with van der Waals surface area (Å²) in [7, 11) is 3.62. The lowest BCUT2D eigenvalue weighted by Crippen LogP contribution is -2.59. The van der Waals surface area contributed by atoms with Crippen molar-refractivity contribution in [1.82, 2.24) is 15.1 Å². The van der Waals surface area contributed by atoms with E-state index < -0.39 is 17.4 Å². The molecule has 1 heterocycles. The van der Waals surface area contributed by atoms with Crippen molar-refractivity contribution in [2.24, 2.45) is 11.3 Å².